The number of hydrazine groups is 1. The third-order valence-corrected chi connectivity index (χ3v) is 4.20. The van der Waals surface area contributed by atoms with Crippen molar-refractivity contribution in [3.63, 3.8) is 0 Å². The number of anilines is 1. The fourth-order valence-corrected chi connectivity index (χ4v) is 2.51. The fourth-order valence-electron chi connectivity index (χ4n) is 2.39. The number of aromatic nitrogens is 1. The van der Waals surface area contributed by atoms with Crippen LogP contribution in [0.15, 0.2) is 79.6 Å². The van der Waals surface area contributed by atoms with Crippen molar-refractivity contribution in [2.24, 2.45) is 0 Å². The first kappa shape index (κ1) is 20.9. The third-order valence-electron chi connectivity index (χ3n) is 3.95. The van der Waals surface area contributed by atoms with E-state index in [-0.39, 0.29) is 18.4 Å². The minimum absolute atomic E-state index is 0.165. The number of carbonyl (C=O) groups is 2. The molecule has 0 aliphatic rings. The molecule has 8 heteroatoms. The SMILES string of the molecule is C=C(NNC(=O)COc1ccc(Cl)cc1)c1ccc(NC(=O)c2cccnc2)cc1. The molecule has 1 heterocycles. The lowest BCUT2D eigenvalue weighted by molar-refractivity contribution is -0.123. The fraction of sp³-hybridized carbons (Fsp3) is 0.0455. The van der Waals surface area contributed by atoms with Gasteiger partial charge in [0.25, 0.3) is 11.8 Å². The number of halogens is 1. The molecule has 0 saturated heterocycles. The van der Waals surface area contributed by atoms with Gasteiger partial charge in [-0.15, -0.1) is 0 Å². The molecule has 3 N–H and O–H groups in total. The van der Waals surface area contributed by atoms with E-state index in [1.165, 1.54) is 6.20 Å². The van der Waals surface area contributed by atoms with E-state index in [4.69, 9.17) is 16.3 Å². The predicted molar refractivity (Wildman–Crippen MR) is 116 cm³/mol. The largest absolute Gasteiger partial charge is 0.484 e. The Labute approximate surface area is 178 Å². The zero-order chi connectivity index (χ0) is 21.3. The lowest BCUT2D eigenvalue weighted by atomic mass is 10.1. The van der Waals surface area contributed by atoms with Crippen LogP contribution >= 0.6 is 11.6 Å². The second-order valence-corrected chi connectivity index (χ2v) is 6.60. The van der Waals surface area contributed by atoms with Crippen LogP contribution in [0.25, 0.3) is 5.70 Å². The molecule has 2 amide bonds. The molecule has 0 bridgehead atoms. The number of hydrogen-bond donors (Lipinski definition) is 3. The summed E-state index contributed by atoms with van der Waals surface area (Å²) < 4.78 is 5.36. The van der Waals surface area contributed by atoms with E-state index in [1.54, 1.807) is 66.9 Å². The molecule has 7 nitrogen and oxygen atoms in total. The molecular weight excluding hydrogens is 404 g/mol. The van der Waals surface area contributed by atoms with E-state index >= 15 is 0 Å². The molecule has 0 radical (unpaired) electrons. The molecule has 0 aliphatic carbocycles. The smallest absolute Gasteiger partial charge is 0.276 e. The topological polar surface area (TPSA) is 92.4 Å². The van der Waals surface area contributed by atoms with E-state index < -0.39 is 0 Å². The Hall–Kier alpha value is -3.84. The number of hydrogen-bond acceptors (Lipinski definition) is 5. The van der Waals surface area contributed by atoms with Crippen molar-refractivity contribution >= 4 is 34.8 Å². The standard InChI is InChI=1S/C22H19ClN4O3/c1-15(26-27-21(28)14-30-20-10-6-18(23)7-11-20)16-4-8-19(9-5-16)25-22(29)17-3-2-12-24-13-17/h2-13,26H,1,14H2,(H,25,29)(H,27,28). The number of pyridine rings is 1. The molecule has 0 atom stereocenters. The molecule has 1 aromatic heterocycles. The average molecular weight is 423 g/mol. The van der Waals surface area contributed by atoms with Crippen LogP contribution in [-0.2, 0) is 4.79 Å². The summed E-state index contributed by atoms with van der Waals surface area (Å²) in [5.41, 5.74) is 7.58. The normalized spacial score (nSPS) is 10.0. The van der Waals surface area contributed by atoms with Crippen LogP contribution in [0.3, 0.4) is 0 Å². The molecule has 2 aromatic carbocycles. The second-order valence-electron chi connectivity index (χ2n) is 6.17. The number of benzene rings is 2. The highest BCUT2D eigenvalue weighted by molar-refractivity contribution is 6.30. The molecule has 0 fully saturated rings. The first-order chi connectivity index (χ1) is 14.5. The van der Waals surface area contributed by atoms with Crippen molar-refractivity contribution in [1.29, 1.82) is 0 Å². The van der Waals surface area contributed by atoms with Gasteiger partial charge in [0.05, 0.1) is 11.3 Å². The van der Waals surface area contributed by atoms with Crippen molar-refractivity contribution in [2.75, 3.05) is 11.9 Å². The molecule has 3 aromatic rings. The van der Waals surface area contributed by atoms with Gasteiger partial charge in [0, 0.05) is 23.1 Å². The van der Waals surface area contributed by atoms with Gasteiger partial charge in [0.15, 0.2) is 6.61 Å². The monoisotopic (exact) mass is 422 g/mol. The summed E-state index contributed by atoms with van der Waals surface area (Å²) >= 11 is 5.80. The summed E-state index contributed by atoms with van der Waals surface area (Å²) in [4.78, 5) is 28.0. The van der Waals surface area contributed by atoms with Gasteiger partial charge in [-0.3, -0.25) is 25.4 Å². The summed E-state index contributed by atoms with van der Waals surface area (Å²) in [5.74, 6) is -0.0792. The van der Waals surface area contributed by atoms with Crippen LogP contribution in [0, 0.1) is 0 Å². The van der Waals surface area contributed by atoms with Crippen molar-refractivity contribution < 1.29 is 14.3 Å². The number of amides is 2. The minimum Gasteiger partial charge on any atom is -0.484 e. The van der Waals surface area contributed by atoms with Gasteiger partial charge < -0.3 is 10.1 Å². The zero-order valence-electron chi connectivity index (χ0n) is 15.9. The highest BCUT2D eigenvalue weighted by atomic mass is 35.5. The Balaban J connectivity index is 1.45. The molecule has 3 rings (SSSR count). The summed E-state index contributed by atoms with van der Waals surface area (Å²) in [5, 5.41) is 3.38. The lowest BCUT2D eigenvalue weighted by Gasteiger charge is -2.12. The molecule has 0 unspecified atom stereocenters. The van der Waals surface area contributed by atoms with E-state index in [2.05, 4.69) is 27.7 Å². The van der Waals surface area contributed by atoms with Gasteiger partial charge in [-0.1, -0.05) is 30.3 Å². The van der Waals surface area contributed by atoms with E-state index in [0.717, 1.165) is 5.56 Å². The van der Waals surface area contributed by atoms with E-state index in [9.17, 15) is 9.59 Å². The maximum absolute atomic E-state index is 12.1. The maximum Gasteiger partial charge on any atom is 0.276 e. The molecule has 0 aliphatic heterocycles. The summed E-state index contributed by atoms with van der Waals surface area (Å²) in [6.07, 6.45) is 3.10. The number of carbonyl (C=O) groups excluding carboxylic acids is 2. The Morgan fingerprint density at radius 3 is 2.37 bits per heavy atom. The van der Waals surface area contributed by atoms with Gasteiger partial charge in [-0.2, -0.15) is 0 Å². The van der Waals surface area contributed by atoms with Crippen molar-refractivity contribution in [3.05, 3.63) is 95.8 Å². The Bertz CT molecular complexity index is 1020. The van der Waals surface area contributed by atoms with Crippen LogP contribution in [0.1, 0.15) is 15.9 Å². The minimum atomic E-state index is -0.369. The van der Waals surface area contributed by atoms with Crippen molar-refractivity contribution in [1.82, 2.24) is 15.8 Å². The van der Waals surface area contributed by atoms with Crippen LogP contribution in [-0.4, -0.2) is 23.4 Å². The quantitative estimate of drug-likeness (QED) is 0.482. The van der Waals surface area contributed by atoms with Crippen LogP contribution in [0.5, 0.6) is 5.75 Å². The predicted octanol–water partition coefficient (Wildman–Crippen LogP) is 3.66. The summed E-state index contributed by atoms with van der Waals surface area (Å²) in [6.45, 7) is 3.72. The van der Waals surface area contributed by atoms with Crippen LogP contribution in [0.2, 0.25) is 5.02 Å². The van der Waals surface area contributed by atoms with Crippen molar-refractivity contribution in [2.45, 2.75) is 0 Å². The van der Waals surface area contributed by atoms with E-state index in [0.29, 0.717) is 27.7 Å². The lowest BCUT2D eigenvalue weighted by Crippen LogP contribution is -2.38. The number of nitrogens with zero attached hydrogens (tertiary/aromatic N) is 1. The van der Waals surface area contributed by atoms with Gasteiger partial charge in [-0.25, -0.2) is 0 Å². The Morgan fingerprint density at radius 2 is 1.70 bits per heavy atom. The maximum atomic E-state index is 12.1. The third kappa shape index (κ3) is 6.08. The Kier molecular flexibility index (Phi) is 7.02. The summed E-state index contributed by atoms with van der Waals surface area (Å²) in [7, 11) is 0. The van der Waals surface area contributed by atoms with Crippen molar-refractivity contribution in [3.8, 4) is 5.75 Å². The Morgan fingerprint density at radius 1 is 0.967 bits per heavy atom. The number of ether oxygens (including phenoxy) is 1. The van der Waals surface area contributed by atoms with Gasteiger partial charge in [0.2, 0.25) is 0 Å². The van der Waals surface area contributed by atoms with Gasteiger partial charge in [0.1, 0.15) is 5.75 Å². The van der Waals surface area contributed by atoms with Gasteiger partial charge >= 0.3 is 0 Å². The second kappa shape index (κ2) is 10.1. The number of nitrogens with one attached hydrogen (secondary N) is 3. The molecular formula is C22H19ClN4O3. The van der Waals surface area contributed by atoms with E-state index in [1.807, 2.05) is 0 Å². The molecule has 0 saturated carbocycles. The first-order valence-electron chi connectivity index (χ1n) is 8.95. The van der Waals surface area contributed by atoms with Crippen LogP contribution < -0.4 is 20.9 Å². The molecule has 0 spiro atoms. The number of rotatable bonds is 8. The van der Waals surface area contributed by atoms with Gasteiger partial charge in [-0.05, 0) is 54.1 Å². The average Bonchev–Trinajstić information content (AvgIpc) is 2.78. The molecule has 30 heavy (non-hydrogen) atoms. The highest BCUT2D eigenvalue weighted by Crippen LogP contribution is 2.16. The molecule has 152 valence electrons. The first-order valence-corrected chi connectivity index (χ1v) is 9.33. The van der Waals surface area contributed by atoms with Crippen LogP contribution in [0.4, 0.5) is 5.69 Å². The highest BCUT2D eigenvalue weighted by Gasteiger charge is 2.07. The zero-order valence-corrected chi connectivity index (χ0v) is 16.6. The summed E-state index contributed by atoms with van der Waals surface area (Å²) in [6, 6.07) is 17.1.